The fourth-order valence-electron chi connectivity index (χ4n) is 3.42. The molecule has 0 amide bonds. The van der Waals surface area contributed by atoms with Crippen LogP contribution >= 0.6 is 38.9 Å². The molecule has 0 saturated carbocycles. The van der Waals surface area contributed by atoms with Gasteiger partial charge in [-0.3, -0.25) is 4.79 Å². The summed E-state index contributed by atoms with van der Waals surface area (Å²) >= 11 is 11.3. The largest absolute Gasteiger partial charge is 0.368 e. The van der Waals surface area contributed by atoms with E-state index in [1.165, 1.54) is 11.3 Å². The Hall–Kier alpha value is -1.56. The van der Waals surface area contributed by atoms with Crippen LogP contribution in [-0.4, -0.2) is 26.2 Å². The molecule has 26 heavy (non-hydrogen) atoms. The Balaban J connectivity index is 1.58. The fraction of sp³-hybridized carbons (Fsp3) is 0.250. The summed E-state index contributed by atoms with van der Waals surface area (Å²) in [6, 6.07) is 11.9. The van der Waals surface area contributed by atoms with Crippen LogP contribution in [0, 0.1) is 6.92 Å². The summed E-state index contributed by atoms with van der Waals surface area (Å²) < 4.78 is 1.96. The van der Waals surface area contributed by atoms with E-state index < -0.39 is 0 Å². The van der Waals surface area contributed by atoms with E-state index in [0.29, 0.717) is 0 Å². The lowest BCUT2D eigenvalue weighted by Crippen LogP contribution is -2.48. The highest BCUT2D eigenvalue weighted by Crippen LogP contribution is 2.28. The van der Waals surface area contributed by atoms with E-state index in [1.54, 1.807) is 11.3 Å². The third kappa shape index (κ3) is 3.36. The number of anilines is 2. The van der Waals surface area contributed by atoms with Gasteiger partial charge < -0.3 is 9.80 Å². The van der Waals surface area contributed by atoms with Crippen molar-refractivity contribution in [2.75, 3.05) is 36.0 Å². The highest BCUT2D eigenvalue weighted by molar-refractivity contribution is 9.10. The Morgan fingerprint density at radius 3 is 2.42 bits per heavy atom. The number of nitrogens with zero attached hydrogens (tertiary/aromatic N) is 2. The number of piperazine rings is 1. The average molecular weight is 450 g/mol. The van der Waals surface area contributed by atoms with Gasteiger partial charge in [0, 0.05) is 56.8 Å². The van der Waals surface area contributed by atoms with Crippen LogP contribution in [0.3, 0.4) is 0 Å². The van der Waals surface area contributed by atoms with Crippen molar-refractivity contribution >= 4 is 60.3 Å². The van der Waals surface area contributed by atoms with Gasteiger partial charge in [-0.05, 0) is 42.8 Å². The zero-order valence-electron chi connectivity index (χ0n) is 14.3. The monoisotopic (exact) mass is 448 g/mol. The molecule has 0 atom stereocenters. The van der Waals surface area contributed by atoms with Crippen LogP contribution < -0.4 is 15.2 Å². The fourth-order valence-corrected chi connectivity index (χ4v) is 4.87. The van der Waals surface area contributed by atoms with Crippen molar-refractivity contribution in [2.45, 2.75) is 6.92 Å². The second kappa shape index (κ2) is 7.22. The van der Waals surface area contributed by atoms with Crippen LogP contribution in [0.15, 0.2) is 51.0 Å². The van der Waals surface area contributed by atoms with Crippen LogP contribution in [0.4, 0.5) is 11.4 Å². The highest BCUT2D eigenvalue weighted by Gasteiger charge is 2.21. The Morgan fingerprint density at radius 2 is 1.69 bits per heavy atom. The van der Waals surface area contributed by atoms with Gasteiger partial charge in [0.2, 0.25) is 5.43 Å². The summed E-state index contributed by atoms with van der Waals surface area (Å²) in [6.45, 7) is 5.52. The highest BCUT2D eigenvalue weighted by atomic mass is 79.9. The molecule has 0 spiro atoms. The third-order valence-corrected chi connectivity index (χ3v) is 6.53. The van der Waals surface area contributed by atoms with Gasteiger partial charge in [0.25, 0.3) is 0 Å². The van der Waals surface area contributed by atoms with Crippen LogP contribution in [0.1, 0.15) is 5.56 Å². The molecule has 0 aliphatic carbocycles. The quantitative estimate of drug-likeness (QED) is 0.529. The molecule has 0 unspecified atom stereocenters. The van der Waals surface area contributed by atoms with Gasteiger partial charge in [-0.1, -0.05) is 33.6 Å². The smallest absolute Gasteiger partial charge is 0.211 e. The molecule has 4 rings (SSSR count). The zero-order valence-corrected chi connectivity index (χ0v) is 17.5. The molecular weight excluding hydrogens is 432 g/mol. The van der Waals surface area contributed by atoms with E-state index in [4.69, 9.17) is 11.6 Å². The van der Waals surface area contributed by atoms with Crippen molar-refractivity contribution in [1.82, 2.24) is 0 Å². The molecular formula is C20H18BrClN2OS. The molecule has 2 aromatic carbocycles. The first-order valence-corrected chi connectivity index (χ1v) is 10.5. The lowest BCUT2D eigenvalue weighted by Gasteiger charge is -2.37. The Kier molecular flexibility index (Phi) is 4.95. The summed E-state index contributed by atoms with van der Waals surface area (Å²) in [7, 11) is 0. The van der Waals surface area contributed by atoms with E-state index in [0.717, 1.165) is 51.4 Å². The van der Waals surface area contributed by atoms with Gasteiger partial charge in [-0.2, -0.15) is 0 Å². The van der Waals surface area contributed by atoms with Crippen molar-refractivity contribution in [1.29, 1.82) is 0 Å². The molecule has 1 aromatic heterocycles. The van der Waals surface area contributed by atoms with Crippen LogP contribution in [0.2, 0.25) is 5.02 Å². The standard InChI is InChI=1S/C20H18BrClN2OS/c1-13-2-4-15(22)11-17(13)23-6-8-24(9-7-23)18-12-26-19-5-3-14(21)10-16(19)20(18)25/h2-5,10-12H,6-9H2,1H3. The minimum Gasteiger partial charge on any atom is -0.368 e. The van der Waals surface area contributed by atoms with Gasteiger partial charge in [-0.25, -0.2) is 0 Å². The normalized spacial score (nSPS) is 14.9. The van der Waals surface area contributed by atoms with E-state index >= 15 is 0 Å². The molecule has 0 N–H and O–H groups in total. The van der Waals surface area contributed by atoms with E-state index in [9.17, 15) is 4.79 Å². The molecule has 0 bridgehead atoms. The average Bonchev–Trinajstić information content (AvgIpc) is 2.65. The number of aryl methyl sites for hydroxylation is 1. The minimum atomic E-state index is 0.118. The Labute approximate surface area is 169 Å². The van der Waals surface area contributed by atoms with E-state index in [2.05, 4.69) is 38.7 Å². The Morgan fingerprint density at radius 1 is 1.00 bits per heavy atom. The first-order chi connectivity index (χ1) is 12.5. The lowest BCUT2D eigenvalue weighted by molar-refractivity contribution is 0.652. The molecule has 1 saturated heterocycles. The van der Waals surface area contributed by atoms with E-state index in [1.807, 2.05) is 35.7 Å². The summed E-state index contributed by atoms with van der Waals surface area (Å²) in [5.74, 6) is 0. The SMILES string of the molecule is Cc1ccc(Cl)cc1N1CCN(c2csc3ccc(Br)cc3c2=O)CC1. The van der Waals surface area contributed by atoms with Crippen molar-refractivity contribution in [3.05, 3.63) is 67.1 Å². The maximum atomic E-state index is 12.9. The number of hydrogen-bond donors (Lipinski definition) is 0. The first kappa shape index (κ1) is 17.8. The van der Waals surface area contributed by atoms with Gasteiger partial charge >= 0.3 is 0 Å². The van der Waals surface area contributed by atoms with Gasteiger partial charge in [0.1, 0.15) is 0 Å². The summed E-state index contributed by atoms with van der Waals surface area (Å²) in [5.41, 5.74) is 3.34. The molecule has 0 radical (unpaired) electrons. The number of fused-ring (bicyclic) bond motifs is 1. The van der Waals surface area contributed by atoms with Crippen molar-refractivity contribution in [3.8, 4) is 0 Å². The van der Waals surface area contributed by atoms with Crippen molar-refractivity contribution in [3.63, 3.8) is 0 Å². The predicted molar refractivity (Wildman–Crippen MR) is 116 cm³/mol. The van der Waals surface area contributed by atoms with E-state index in [-0.39, 0.29) is 5.43 Å². The molecule has 6 heteroatoms. The number of benzene rings is 2. The molecule has 1 aliphatic heterocycles. The maximum absolute atomic E-state index is 12.9. The van der Waals surface area contributed by atoms with Crippen LogP contribution in [-0.2, 0) is 0 Å². The van der Waals surface area contributed by atoms with Crippen LogP contribution in [0.25, 0.3) is 10.1 Å². The number of hydrogen-bond acceptors (Lipinski definition) is 4. The summed E-state index contributed by atoms with van der Waals surface area (Å²) in [6.07, 6.45) is 0. The molecule has 1 fully saturated rings. The molecule has 3 aromatic rings. The lowest BCUT2D eigenvalue weighted by atomic mass is 10.1. The van der Waals surface area contributed by atoms with Gasteiger partial charge in [0.05, 0.1) is 5.69 Å². The van der Waals surface area contributed by atoms with Crippen molar-refractivity contribution < 1.29 is 0 Å². The zero-order chi connectivity index (χ0) is 18.3. The second-order valence-electron chi connectivity index (χ2n) is 6.50. The Bertz CT molecular complexity index is 1030. The number of halogens is 2. The maximum Gasteiger partial charge on any atom is 0.211 e. The molecule has 2 heterocycles. The molecule has 134 valence electrons. The summed E-state index contributed by atoms with van der Waals surface area (Å²) in [4.78, 5) is 17.5. The van der Waals surface area contributed by atoms with Crippen LogP contribution in [0.5, 0.6) is 0 Å². The molecule has 1 aliphatic rings. The third-order valence-electron chi connectivity index (χ3n) is 4.85. The minimum absolute atomic E-state index is 0.118. The molecule has 3 nitrogen and oxygen atoms in total. The van der Waals surface area contributed by atoms with Crippen molar-refractivity contribution in [2.24, 2.45) is 0 Å². The topological polar surface area (TPSA) is 23.6 Å². The second-order valence-corrected chi connectivity index (χ2v) is 8.76. The predicted octanol–water partition coefficient (Wildman–Crippen LogP) is 5.31. The summed E-state index contributed by atoms with van der Waals surface area (Å²) in [5, 5.41) is 3.55. The first-order valence-electron chi connectivity index (χ1n) is 8.50. The van der Waals surface area contributed by atoms with Gasteiger partial charge in [-0.15, -0.1) is 11.3 Å². The van der Waals surface area contributed by atoms with Gasteiger partial charge in [0.15, 0.2) is 0 Å². The number of rotatable bonds is 2.